The van der Waals surface area contributed by atoms with Gasteiger partial charge in [0.2, 0.25) is 0 Å². The first-order valence-electron chi connectivity index (χ1n) is 7.24. The van der Waals surface area contributed by atoms with Crippen molar-refractivity contribution in [1.29, 1.82) is 0 Å². The highest BCUT2D eigenvalue weighted by Gasteiger charge is 2.20. The number of hydrogen-bond acceptors (Lipinski definition) is 0. The van der Waals surface area contributed by atoms with Gasteiger partial charge in [-0.2, -0.15) is 0 Å². The Labute approximate surface area is 111 Å². The summed E-state index contributed by atoms with van der Waals surface area (Å²) in [6, 6.07) is 10.9. The van der Waals surface area contributed by atoms with E-state index in [9.17, 15) is 0 Å². The molecular weight excluding hydrogens is 216 g/mol. The van der Waals surface area contributed by atoms with E-state index in [1.165, 1.54) is 37.7 Å². The molecule has 0 heteroatoms. The molecule has 0 aliphatic heterocycles. The van der Waals surface area contributed by atoms with Crippen LogP contribution >= 0.6 is 0 Å². The van der Waals surface area contributed by atoms with Crippen molar-refractivity contribution in [1.82, 2.24) is 0 Å². The molecule has 0 fully saturated rings. The van der Waals surface area contributed by atoms with E-state index in [1.807, 2.05) is 0 Å². The van der Waals surface area contributed by atoms with Gasteiger partial charge in [0.25, 0.3) is 0 Å². The third-order valence-electron chi connectivity index (χ3n) is 3.90. The van der Waals surface area contributed by atoms with Crippen LogP contribution in [0.3, 0.4) is 0 Å². The van der Waals surface area contributed by atoms with Crippen molar-refractivity contribution in [2.45, 2.75) is 52.9 Å². The monoisotopic (exact) mass is 240 g/mol. The van der Waals surface area contributed by atoms with Crippen molar-refractivity contribution < 1.29 is 0 Å². The van der Waals surface area contributed by atoms with Crippen LogP contribution in [0.2, 0.25) is 0 Å². The van der Waals surface area contributed by atoms with Crippen molar-refractivity contribution in [3.63, 3.8) is 0 Å². The zero-order valence-corrected chi connectivity index (χ0v) is 11.9. The zero-order valence-electron chi connectivity index (χ0n) is 11.9. The Hall–Kier alpha value is -1.30. The molecule has 0 unspecified atom stereocenters. The van der Waals surface area contributed by atoms with E-state index in [4.69, 9.17) is 0 Å². The van der Waals surface area contributed by atoms with E-state index >= 15 is 0 Å². The molecular formula is C18H24. The summed E-state index contributed by atoms with van der Waals surface area (Å²) in [5, 5.41) is 0. The van der Waals surface area contributed by atoms with Gasteiger partial charge in [-0.1, -0.05) is 62.6 Å². The van der Waals surface area contributed by atoms with Crippen molar-refractivity contribution in [2.75, 3.05) is 0 Å². The van der Waals surface area contributed by atoms with Crippen LogP contribution in [0, 0.1) is 0 Å². The molecule has 0 radical (unpaired) electrons. The minimum atomic E-state index is 1.18. The molecule has 0 aromatic heterocycles. The molecule has 0 spiro atoms. The molecule has 1 aliphatic rings. The van der Waals surface area contributed by atoms with Crippen LogP contribution in [0.25, 0.3) is 5.57 Å². The standard InChI is InChI=1S/C18H24/c1-4-9-16-13-18(14(3)17(16)10-5-2)15-11-7-6-8-12-15/h6-8,11-12H,4-5,9-10,13H2,1-3H3. The largest absolute Gasteiger partial charge is 0.0651 e. The van der Waals surface area contributed by atoms with Crippen molar-refractivity contribution in [3.05, 3.63) is 52.6 Å². The predicted octanol–water partition coefficient (Wildman–Crippen LogP) is 5.76. The minimum Gasteiger partial charge on any atom is -0.0651 e. The van der Waals surface area contributed by atoms with Crippen LogP contribution in [-0.4, -0.2) is 0 Å². The normalized spacial score (nSPS) is 15.7. The van der Waals surface area contributed by atoms with Crippen LogP contribution in [-0.2, 0) is 0 Å². The maximum atomic E-state index is 2.32. The summed E-state index contributed by atoms with van der Waals surface area (Å²) < 4.78 is 0. The summed E-state index contributed by atoms with van der Waals surface area (Å²) in [6.07, 6.45) is 6.21. The predicted molar refractivity (Wildman–Crippen MR) is 80.5 cm³/mol. The summed E-state index contributed by atoms with van der Waals surface area (Å²) in [5.41, 5.74) is 7.86. The van der Waals surface area contributed by atoms with E-state index in [0.717, 1.165) is 0 Å². The maximum Gasteiger partial charge on any atom is -0.00525 e. The fraction of sp³-hybridized carbons (Fsp3) is 0.444. The van der Waals surface area contributed by atoms with Gasteiger partial charge in [-0.25, -0.2) is 0 Å². The van der Waals surface area contributed by atoms with Crippen LogP contribution in [0.5, 0.6) is 0 Å². The molecule has 1 aromatic rings. The summed E-state index contributed by atoms with van der Waals surface area (Å²) in [5.74, 6) is 0. The fourth-order valence-corrected chi connectivity index (χ4v) is 3.01. The first-order valence-corrected chi connectivity index (χ1v) is 7.24. The van der Waals surface area contributed by atoms with Gasteiger partial charge in [-0.05, 0) is 48.5 Å². The lowest BCUT2D eigenvalue weighted by Gasteiger charge is -2.07. The first-order chi connectivity index (χ1) is 8.77. The van der Waals surface area contributed by atoms with Gasteiger partial charge in [0, 0.05) is 0 Å². The van der Waals surface area contributed by atoms with Gasteiger partial charge in [0.15, 0.2) is 0 Å². The Morgan fingerprint density at radius 1 is 0.944 bits per heavy atom. The zero-order chi connectivity index (χ0) is 13.0. The molecule has 1 aliphatic carbocycles. The Morgan fingerprint density at radius 2 is 1.61 bits per heavy atom. The van der Waals surface area contributed by atoms with E-state index in [0.29, 0.717) is 0 Å². The quantitative estimate of drug-likeness (QED) is 0.613. The number of rotatable bonds is 5. The smallest absolute Gasteiger partial charge is 0.00525 e. The van der Waals surface area contributed by atoms with Gasteiger partial charge in [-0.3, -0.25) is 0 Å². The molecule has 2 rings (SSSR count). The molecule has 0 heterocycles. The Balaban J connectivity index is 2.31. The molecule has 0 bridgehead atoms. The summed E-state index contributed by atoms with van der Waals surface area (Å²) in [7, 11) is 0. The average molecular weight is 240 g/mol. The number of benzene rings is 1. The van der Waals surface area contributed by atoms with Crippen molar-refractivity contribution >= 4 is 5.57 Å². The van der Waals surface area contributed by atoms with Crippen LogP contribution < -0.4 is 0 Å². The molecule has 0 saturated carbocycles. The molecule has 1 aromatic carbocycles. The van der Waals surface area contributed by atoms with E-state index in [-0.39, 0.29) is 0 Å². The highest BCUT2D eigenvalue weighted by atomic mass is 14.3. The van der Waals surface area contributed by atoms with E-state index in [1.54, 1.807) is 22.3 Å². The molecule has 0 amide bonds. The lowest BCUT2D eigenvalue weighted by molar-refractivity contribution is 0.843. The maximum absolute atomic E-state index is 2.32. The summed E-state index contributed by atoms with van der Waals surface area (Å²) >= 11 is 0. The average Bonchev–Trinajstić information content (AvgIpc) is 2.70. The Morgan fingerprint density at radius 3 is 2.22 bits per heavy atom. The Kier molecular flexibility index (Phi) is 4.41. The van der Waals surface area contributed by atoms with E-state index in [2.05, 4.69) is 51.1 Å². The number of allylic oxidation sites excluding steroid dienone is 4. The minimum absolute atomic E-state index is 1.18. The van der Waals surface area contributed by atoms with Gasteiger partial charge >= 0.3 is 0 Å². The second-order valence-electron chi connectivity index (χ2n) is 5.23. The van der Waals surface area contributed by atoms with Crippen LogP contribution in [0.15, 0.2) is 47.1 Å². The van der Waals surface area contributed by atoms with Crippen LogP contribution in [0.1, 0.15) is 58.4 Å². The summed E-state index contributed by atoms with van der Waals surface area (Å²) in [6.45, 7) is 6.88. The highest BCUT2D eigenvalue weighted by Crippen LogP contribution is 2.41. The highest BCUT2D eigenvalue weighted by molar-refractivity contribution is 5.78. The molecule has 0 saturated heterocycles. The SMILES string of the molecule is CCCC1=C(CCC)C(C)=C(c2ccccc2)C1. The second kappa shape index (κ2) is 6.04. The Bertz CT molecular complexity index is 460. The molecule has 18 heavy (non-hydrogen) atoms. The number of hydrogen-bond donors (Lipinski definition) is 0. The molecule has 96 valence electrons. The first kappa shape index (κ1) is 13.1. The lowest BCUT2D eigenvalue weighted by Crippen LogP contribution is -1.87. The molecule has 0 atom stereocenters. The van der Waals surface area contributed by atoms with E-state index < -0.39 is 0 Å². The van der Waals surface area contributed by atoms with Gasteiger partial charge in [0.05, 0.1) is 0 Å². The fourth-order valence-electron chi connectivity index (χ4n) is 3.01. The third-order valence-corrected chi connectivity index (χ3v) is 3.90. The second-order valence-corrected chi connectivity index (χ2v) is 5.23. The topological polar surface area (TPSA) is 0 Å². The lowest BCUT2D eigenvalue weighted by atomic mass is 9.99. The van der Waals surface area contributed by atoms with Crippen LogP contribution in [0.4, 0.5) is 0 Å². The van der Waals surface area contributed by atoms with Gasteiger partial charge < -0.3 is 0 Å². The van der Waals surface area contributed by atoms with Gasteiger partial charge in [-0.15, -0.1) is 0 Å². The third kappa shape index (κ3) is 2.58. The van der Waals surface area contributed by atoms with Gasteiger partial charge in [0.1, 0.15) is 0 Å². The molecule has 0 N–H and O–H groups in total. The van der Waals surface area contributed by atoms with Crippen molar-refractivity contribution in [2.24, 2.45) is 0 Å². The van der Waals surface area contributed by atoms with Crippen molar-refractivity contribution in [3.8, 4) is 0 Å². The molecule has 0 nitrogen and oxygen atoms in total. The summed E-state index contributed by atoms with van der Waals surface area (Å²) in [4.78, 5) is 0.